The molecule has 2 rings (SSSR count). The number of aromatic nitrogens is 2. The molecule has 0 amide bonds. The van der Waals surface area contributed by atoms with E-state index in [4.69, 9.17) is 10.5 Å². The first kappa shape index (κ1) is 13.9. The van der Waals surface area contributed by atoms with E-state index >= 15 is 0 Å². The van der Waals surface area contributed by atoms with Gasteiger partial charge in [-0.2, -0.15) is 4.98 Å². The van der Waals surface area contributed by atoms with Crippen LogP contribution < -0.4 is 15.8 Å². The first-order chi connectivity index (χ1) is 9.06. The molecule has 5 nitrogen and oxygen atoms in total. The minimum atomic E-state index is 0.0555. The Labute approximate surface area is 115 Å². The summed E-state index contributed by atoms with van der Waals surface area (Å²) >= 11 is 0. The number of ether oxygens (including phenoxy) is 1. The predicted molar refractivity (Wildman–Crippen MR) is 77.3 cm³/mol. The highest BCUT2D eigenvalue weighted by molar-refractivity contribution is 5.66. The number of hydrogen-bond donors (Lipinski definition) is 2. The van der Waals surface area contributed by atoms with Crippen LogP contribution in [0, 0.1) is 5.41 Å². The van der Waals surface area contributed by atoms with Crippen LogP contribution in [0.2, 0.25) is 0 Å². The summed E-state index contributed by atoms with van der Waals surface area (Å²) in [5.41, 5.74) is 7.01. The molecule has 0 aliphatic heterocycles. The van der Waals surface area contributed by atoms with Gasteiger partial charge in [-0.25, -0.2) is 4.98 Å². The van der Waals surface area contributed by atoms with Crippen molar-refractivity contribution in [1.29, 1.82) is 0 Å². The lowest BCUT2D eigenvalue weighted by Crippen LogP contribution is -2.18. The summed E-state index contributed by atoms with van der Waals surface area (Å²) in [5.74, 6) is 1.15. The Morgan fingerprint density at radius 2 is 2.16 bits per heavy atom. The molecule has 1 aromatic rings. The summed E-state index contributed by atoms with van der Waals surface area (Å²) in [6, 6.07) is 0. The zero-order valence-corrected chi connectivity index (χ0v) is 12.1. The van der Waals surface area contributed by atoms with Crippen LogP contribution in [0.5, 0.6) is 5.88 Å². The Morgan fingerprint density at radius 3 is 2.74 bits per heavy atom. The summed E-state index contributed by atoms with van der Waals surface area (Å²) in [6.45, 7) is 7.07. The normalized spacial score (nSPS) is 16.4. The maximum absolute atomic E-state index is 6.04. The molecule has 0 atom stereocenters. The maximum atomic E-state index is 6.04. The van der Waals surface area contributed by atoms with Crippen LogP contribution in [0.15, 0.2) is 6.33 Å². The lowest BCUT2D eigenvalue weighted by molar-refractivity contribution is 0.234. The first-order valence-electron chi connectivity index (χ1n) is 7.07. The number of nitrogens with zero attached hydrogens (tertiary/aromatic N) is 2. The smallest absolute Gasteiger partial charge is 0.242 e. The van der Waals surface area contributed by atoms with Crippen molar-refractivity contribution in [2.45, 2.75) is 52.6 Å². The second-order valence-electron chi connectivity index (χ2n) is 5.71. The van der Waals surface area contributed by atoms with Crippen molar-refractivity contribution < 1.29 is 4.74 Å². The van der Waals surface area contributed by atoms with E-state index in [1.807, 2.05) is 13.8 Å². The Bertz CT molecular complexity index is 429. The van der Waals surface area contributed by atoms with Gasteiger partial charge in [-0.15, -0.1) is 0 Å². The fourth-order valence-electron chi connectivity index (χ4n) is 2.33. The van der Waals surface area contributed by atoms with Gasteiger partial charge in [-0.05, 0) is 38.5 Å². The fourth-order valence-corrected chi connectivity index (χ4v) is 2.33. The van der Waals surface area contributed by atoms with Gasteiger partial charge in [0.1, 0.15) is 12.0 Å². The molecule has 5 heteroatoms. The van der Waals surface area contributed by atoms with E-state index in [2.05, 4.69) is 22.2 Å². The Kier molecular flexibility index (Phi) is 4.12. The number of rotatable bonds is 7. The van der Waals surface area contributed by atoms with Crippen LogP contribution in [-0.2, 0) is 0 Å². The Hall–Kier alpha value is -1.52. The zero-order chi connectivity index (χ0) is 13.9. The molecule has 1 aliphatic carbocycles. The van der Waals surface area contributed by atoms with E-state index in [-0.39, 0.29) is 6.10 Å². The quantitative estimate of drug-likeness (QED) is 0.792. The van der Waals surface area contributed by atoms with Crippen LogP contribution >= 0.6 is 0 Å². The van der Waals surface area contributed by atoms with Crippen LogP contribution in [0.1, 0.15) is 46.5 Å². The SMILES string of the molecule is CCCC1(CNc2ncnc(OC(C)C)c2N)CC1. The molecular formula is C14H24N4O. The van der Waals surface area contributed by atoms with Gasteiger partial charge in [0.15, 0.2) is 5.82 Å². The number of hydrogen-bond acceptors (Lipinski definition) is 5. The minimum absolute atomic E-state index is 0.0555. The van der Waals surface area contributed by atoms with Crippen molar-refractivity contribution >= 4 is 11.5 Å². The standard InChI is InChI=1S/C14H24N4O/c1-4-5-14(6-7-14)8-16-12-11(15)13(18-9-17-12)19-10(2)3/h9-10H,4-8,15H2,1-3H3,(H,16,17,18). The van der Waals surface area contributed by atoms with E-state index in [1.165, 1.54) is 32.0 Å². The molecule has 1 heterocycles. The number of anilines is 2. The molecule has 3 N–H and O–H groups in total. The molecule has 0 saturated heterocycles. The number of nitrogen functional groups attached to an aromatic ring is 1. The second-order valence-corrected chi connectivity index (χ2v) is 5.71. The van der Waals surface area contributed by atoms with Crippen LogP contribution in [0.4, 0.5) is 11.5 Å². The highest BCUT2D eigenvalue weighted by atomic mass is 16.5. The molecule has 1 aromatic heterocycles. The van der Waals surface area contributed by atoms with Gasteiger partial charge in [0.25, 0.3) is 0 Å². The Morgan fingerprint density at radius 1 is 1.42 bits per heavy atom. The van der Waals surface area contributed by atoms with Gasteiger partial charge in [0.05, 0.1) is 6.10 Å². The van der Waals surface area contributed by atoms with Crippen molar-refractivity contribution in [2.24, 2.45) is 5.41 Å². The van der Waals surface area contributed by atoms with E-state index in [0.717, 1.165) is 6.54 Å². The molecular weight excluding hydrogens is 240 g/mol. The summed E-state index contributed by atoms with van der Waals surface area (Å²) in [4.78, 5) is 8.29. The van der Waals surface area contributed by atoms with Crippen molar-refractivity contribution in [2.75, 3.05) is 17.6 Å². The highest BCUT2D eigenvalue weighted by Crippen LogP contribution is 2.49. The maximum Gasteiger partial charge on any atom is 0.242 e. The minimum Gasteiger partial charge on any atom is -0.473 e. The monoisotopic (exact) mass is 264 g/mol. The van der Waals surface area contributed by atoms with Crippen molar-refractivity contribution in [3.05, 3.63) is 6.33 Å². The lowest BCUT2D eigenvalue weighted by Gasteiger charge is -2.17. The largest absolute Gasteiger partial charge is 0.473 e. The van der Waals surface area contributed by atoms with Gasteiger partial charge in [0.2, 0.25) is 5.88 Å². The summed E-state index contributed by atoms with van der Waals surface area (Å²) in [6.07, 6.45) is 6.64. The predicted octanol–water partition coefficient (Wildman–Crippen LogP) is 2.84. The molecule has 0 bridgehead atoms. The van der Waals surface area contributed by atoms with Gasteiger partial charge in [-0.1, -0.05) is 13.3 Å². The average molecular weight is 264 g/mol. The van der Waals surface area contributed by atoms with Gasteiger partial charge < -0.3 is 15.8 Å². The van der Waals surface area contributed by atoms with Crippen molar-refractivity contribution in [3.63, 3.8) is 0 Å². The third-order valence-corrected chi connectivity index (χ3v) is 3.56. The first-order valence-corrected chi connectivity index (χ1v) is 7.07. The highest BCUT2D eigenvalue weighted by Gasteiger charge is 2.41. The molecule has 0 unspecified atom stereocenters. The van der Waals surface area contributed by atoms with E-state index in [0.29, 0.717) is 22.8 Å². The molecule has 106 valence electrons. The number of nitrogens with one attached hydrogen (secondary N) is 1. The van der Waals surface area contributed by atoms with Crippen molar-refractivity contribution in [1.82, 2.24) is 9.97 Å². The van der Waals surface area contributed by atoms with E-state index < -0.39 is 0 Å². The molecule has 0 aromatic carbocycles. The molecule has 1 fully saturated rings. The fraction of sp³-hybridized carbons (Fsp3) is 0.714. The van der Waals surface area contributed by atoms with Crippen LogP contribution in [0.3, 0.4) is 0 Å². The Balaban J connectivity index is 2.00. The van der Waals surface area contributed by atoms with Crippen molar-refractivity contribution in [3.8, 4) is 5.88 Å². The summed E-state index contributed by atoms with van der Waals surface area (Å²) in [5, 5.41) is 3.36. The molecule has 0 radical (unpaired) electrons. The van der Waals surface area contributed by atoms with Gasteiger partial charge in [0, 0.05) is 6.54 Å². The number of nitrogens with two attached hydrogens (primary N) is 1. The summed E-state index contributed by atoms with van der Waals surface area (Å²) < 4.78 is 5.56. The van der Waals surface area contributed by atoms with E-state index in [1.54, 1.807) is 0 Å². The average Bonchev–Trinajstić information content (AvgIpc) is 3.11. The van der Waals surface area contributed by atoms with E-state index in [9.17, 15) is 0 Å². The molecule has 1 saturated carbocycles. The zero-order valence-electron chi connectivity index (χ0n) is 12.1. The van der Waals surface area contributed by atoms with Gasteiger partial charge in [-0.3, -0.25) is 0 Å². The van der Waals surface area contributed by atoms with Gasteiger partial charge >= 0.3 is 0 Å². The molecule has 1 aliphatic rings. The van der Waals surface area contributed by atoms with Crippen LogP contribution in [-0.4, -0.2) is 22.6 Å². The second kappa shape index (κ2) is 5.63. The summed E-state index contributed by atoms with van der Waals surface area (Å²) in [7, 11) is 0. The third kappa shape index (κ3) is 3.49. The van der Waals surface area contributed by atoms with Crippen LogP contribution in [0.25, 0.3) is 0 Å². The molecule has 0 spiro atoms. The molecule has 19 heavy (non-hydrogen) atoms. The lowest BCUT2D eigenvalue weighted by atomic mass is 10.0. The topological polar surface area (TPSA) is 73.1 Å². The third-order valence-electron chi connectivity index (χ3n) is 3.56.